The third kappa shape index (κ3) is 4.57. The summed E-state index contributed by atoms with van der Waals surface area (Å²) >= 11 is 12.0. The number of aliphatic hydroxyl groups is 2. The van der Waals surface area contributed by atoms with Gasteiger partial charge in [0.05, 0.1) is 34.3 Å². The first-order chi connectivity index (χ1) is 14.8. The zero-order valence-corrected chi connectivity index (χ0v) is 17.8. The van der Waals surface area contributed by atoms with Crippen LogP contribution in [0.2, 0.25) is 10.0 Å². The molecular formula is C21H20Cl2N5O3. The van der Waals surface area contributed by atoms with Crippen LogP contribution in [0.1, 0.15) is 28.0 Å². The molecule has 1 aliphatic rings. The molecule has 1 fully saturated rings. The Morgan fingerprint density at radius 2 is 2.03 bits per heavy atom. The standard InChI is InChI=1S/C21H20Cl2N5O3/c1-11-6-17(20(31)18(11)29)26-21-13(8-24-10-25-21)19(30)16-4-5-28(27-16)9-12-2-3-14(22)15(23)7-12/h2-5,7-8,10-11,17-18,20,29,31H,1,6,9H2,(H,24,25,26)/t11-,17-,18-,20+/m1/s1. The fraction of sp³-hybridized carbons (Fsp3) is 0.286. The van der Waals surface area contributed by atoms with E-state index >= 15 is 0 Å². The van der Waals surface area contributed by atoms with E-state index < -0.39 is 18.2 Å². The van der Waals surface area contributed by atoms with Gasteiger partial charge in [-0.25, -0.2) is 9.97 Å². The number of halogens is 2. The highest BCUT2D eigenvalue weighted by molar-refractivity contribution is 6.42. The highest BCUT2D eigenvalue weighted by Crippen LogP contribution is 2.29. The van der Waals surface area contributed by atoms with Gasteiger partial charge in [-0.05, 0) is 43.0 Å². The van der Waals surface area contributed by atoms with E-state index in [9.17, 15) is 15.0 Å². The smallest absolute Gasteiger partial charge is 0.218 e. The number of anilines is 1. The van der Waals surface area contributed by atoms with Gasteiger partial charge >= 0.3 is 0 Å². The van der Waals surface area contributed by atoms with Crippen LogP contribution in [0.15, 0.2) is 43.0 Å². The van der Waals surface area contributed by atoms with Crippen LogP contribution in [0, 0.1) is 12.8 Å². The van der Waals surface area contributed by atoms with Crippen molar-refractivity contribution in [2.75, 3.05) is 5.32 Å². The average Bonchev–Trinajstić information content (AvgIpc) is 3.31. The van der Waals surface area contributed by atoms with Crippen LogP contribution in [0.5, 0.6) is 0 Å². The van der Waals surface area contributed by atoms with Crippen molar-refractivity contribution >= 4 is 34.8 Å². The maximum absolute atomic E-state index is 13.1. The van der Waals surface area contributed by atoms with Crippen molar-refractivity contribution in [1.82, 2.24) is 19.7 Å². The summed E-state index contributed by atoms with van der Waals surface area (Å²) in [6, 6.07) is 6.42. The van der Waals surface area contributed by atoms with Crippen LogP contribution in [0.25, 0.3) is 0 Å². The molecule has 0 unspecified atom stereocenters. The van der Waals surface area contributed by atoms with E-state index in [1.54, 1.807) is 29.1 Å². The SMILES string of the molecule is [CH2][C@@H]1C[C@@H](Nc2ncncc2C(=O)c2ccn(Cc3ccc(Cl)c(Cl)c3)n2)[C@H](O)[C@@H]1O. The largest absolute Gasteiger partial charge is 0.390 e. The van der Waals surface area contributed by atoms with Crippen LogP contribution in [-0.2, 0) is 6.54 Å². The maximum atomic E-state index is 13.1. The summed E-state index contributed by atoms with van der Waals surface area (Å²) in [6.45, 7) is 4.25. The zero-order valence-electron chi connectivity index (χ0n) is 16.3. The van der Waals surface area contributed by atoms with Crippen LogP contribution in [0.4, 0.5) is 5.82 Å². The predicted octanol–water partition coefficient (Wildman–Crippen LogP) is 2.62. The van der Waals surface area contributed by atoms with Gasteiger partial charge in [0.15, 0.2) is 0 Å². The summed E-state index contributed by atoms with van der Waals surface area (Å²) in [5, 5.41) is 28.5. The van der Waals surface area contributed by atoms with Crippen LogP contribution in [-0.4, -0.2) is 54.0 Å². The number of nitrogens with zero attached hydrogens (tertiary/aromatic N) is 4. The van der Waals surface area contributed by atoms with Crippen molar-refractivity contribution in [2.24, 2.45) is 5.92 Å². The quantitative estimate of drug-likeness (QED) is 0.484. The van der Waals surface area contributed by atoms with Crippen LogP contribution in [0.3, 0.4) is 0 Å². The Hall–Kier alpha value is -2.52. The van der Waals surface area contributed by atoms with Crippen molar-refractivity contribution in [2.45, 2.75) is 31.2 Å². The van der Waals surface area contributed by atoms with E-state index in [1.807, 2.05) is 6.07 Å². The molecule has 0 aliphatic heterocycles. The number of ketones is 1. The molecule has 31 heavy (non-hydrogen) atoms. The van der Waals surface area contributed by atoms with Crippen molar-refractivity contribution in [3.8, 4) is 0 Å². The molecule has 0 amide bonds. The number of aromatic nitrogens is 4. The average molecular weight is 461 g/mol. The highest BCUT2D eigenvalue weighted by Gasteiger charge is 2.39. The summed E-state index contributed by atoms with van der Waals surface area (Å²) in [5.41, 5.74) is 1.33. The Kier molecular flexibility index (Phi) is 6.24. The molecule has 3 N–H and O–H groups in total. The van der Waals surface area contributed by atoms with Gasteiger partial charge in [0.25, 0.3) is 0 Å². The highest BCUT2D eigenvalue weighted by atomic mass is 35.5. The van der Waals surface area contributed by atoms with E-state index in [0.717, 1.165) is 5.56 Å². The molecule has 0 bridgehead atoms. The van der Waals surface area contributed by atoms with Crippen molar-refractivity contribution in [1.29, 1.82) is 0 Å². The lowest BCUT2D eigenvalue weighted by Gasteiger charge is -2.19. The lowest BCUT2D eigenvalue weighted by atomic mass is 10.1. The van der Waals surface area contributed by atoms with Crippen molar-refractivity contribution in [3.63, 3.8) is 0 Å². The Labute approximate surface area is 188 Å². The van der Waals surface area contributed by atoms with E-state index in [0.29, 0.717) is 23.0 Å². The molecule has 161 valence electrons. The number of carbonyl (C=O) groups is 1. The van der Waals surface area contributed by atoms with Gasteiger partial charge in [0.1, 0.15) is 23.9 Å². The van der Waals surface area contributed by atoms with Crippen LogP contribution < -0.4 is 5.32 Å². The molecule has 2 heterocycles. The minimum absolute atomic E-state index is 0.219. The topological polar surface area (TPSA) is 113 Å². The van der Waals surface area contributed by atoms with Gasteiger partial charge in [-0.15, -0.1) is 0 Å². The van der Waals surface area contributed by atoms with Crippen molar-refractivity contribution < 1.29 is 15.0 Å². The summed E-state index contributed by atoms with van der Waals surface area (Å²) in [4.78, 5) is 21.2. The number of rotatable bonds is 6. The molecule has 4 atom stereocenters. The van der Waals surface area contributed by atoms with Gasteiger partial charge in [-0.3, -0.25) is 9.48 Å². The predicted molar refractivity (Wildman–Crippen MR) is 116 cm³/mol. The molecule has 4 rings (SSSR count). The Balaban J connectivity index is 1.52. The minimum atomic E-state index is -1.01. The summed E-state index contributed by atoms with van der Waals surface area (Å²) in [5.74, 6) is -0.412. The molecule has 1 radical (unpaired) electrons. The second kappa shape index (κ2) is 8.92. The molecule has 10 heteroatoms. The Bertz CT molecular complexity index is 1110. The molecular weight excluding hydrogens is 441 g/mol. The Morgan fingerprint density at radius 3 is 2.74 bits per heavy atom. The third-order valence-corrected chi connectivity index (χ3v) is 6.02. The number of carbonyl (C=O) groups excluding carboxylic acids is 1. The number of aliphatic hydroxyl groups excluding tert-OH is 2. The maximum Gasteiger partial charge on any atom is 0.218 e. The van der Waals surface area contributed by atoms with Crippen molar-refractivity contribution in [3.05, 3.63) is 76.8 Å². The second-order valence-corrected chi connectivity index (χ2v) is 8.30. The molecule has 8 nitrogen and oxygen atoms in total. The molecule has 1 saturated carbocycles. The molecule has 2 aromatic heterocycles. The normalized spacial score (nSPS) is 23.1. The van der Waals surface area contributed by atoms with Gasteiger partial charge in [0.2, 0.25) is 5.78 Å². The van der Waals surface area contributed by atoms with E-state index in [4.69, 9.17) is 23.2 Å². The Morgan fingerprint density at radius 1 is 1.23 bits per heavy atom. The van der Waals surface area contributed by atoms with E-state index in [-0.39, 0.29) is 28.8 Å². The molecule has 1 aromatic carbocycles. The molecule has 0 saturated heterocycles. The first-order valence-electron chi connectivity index (χ1n) is 9.61. The monoisotopic (exact) mass is 460 g/mol. The minimum Gasteiger partial charge on any atom is -0.390 e. The first kappa shape index (κ1) is 21.7. The summed E-state index contributed by atoms with van der Waals surface area (Å²) in [6.07, 6.45) is 2.90. The van der Waals surface area contributed by atoms with Gasteiger partial charge < -0.3 is 15.5 Å². The fourth-order valence-corrected chi connectivity index (χ4v) is 3.91. The summed E-state index contributed by atoms with van der Waals surface area (Å²) in [7, 11) is 0. The van der Waals surface area contributed by atoms with E-state index in [2.05, 4.69) is 27.3 Å². The molecule has 1 aliphatic carbocycles. The number of hydrogen-bond donors (Lipinski definition) is 3. The lowest BCUT2D eigenvalue weighted by Crippen LogP contribution is -2.35. The number of hydrogen-bond acceptors (Lipinski definition) is 7. The van der Waals surface area contributed by atoms with Gasteiger partial charge in [-0.2, -0.15) is 5.10 Å². The summed E-state index contributed by atoms with van der Waals surface area (Å²) < 4.78 is 1.62. The molecule has 0 spiro atoms. The molecule has 3 aromatic rings. The first-order valence-corrected chi connectivity index (χ1v) is 10.4. The van der Waals surface area contributed by atoms with Gasteiger partial charge in [-0.1, -0.05) is 29.3 Å². The fourth-order valence-electron chi connectivity index (χ4n) is 3.59. The third-order valence-electron chi connectivity index (χ3n) is 5.28. The zero-order chi connectivity index (χ0) is 22.1. The number of benzene rings is 1. The number of nitrogens with one attached hydrogen (secondary N) is 1. The van der Waals surface area contributed by atoms with Crippen LogP contribution >= 0.6 is 23.2 Å². The second-order valence-electron chi connectivity index (χ2n) is 7.49. The van der Waals surface area contributed by atoms with Gasteiger partial charge in [0, 0.05) is 12.4 Å². The van der Waals surface area contributed by atoms with E-state index in [1.165, 1.54) is 12.5 Å². The lowest BCUT2D eigenvalue weighted by molar-refractivity contribution is 0.0256.